The first-order valence-corrected chi connectivity index (χ1v) is 7.69. The topological polar surface area (TPSA) is 72.2 Å². The molecule has 2 rings (SSSR count). The maximum Gasteiger partial charge on any atom is 0.236 e. The molecule has 0 saturated carbocycles. The van der Waals surface area contributed by atoms with E-state index in [1.165, 1.54) is 18.2 Å². The van der Waals surface area contributed by atoms with Gasteiger partial charge in [0.05, 0.1) is 11.4 Å². The monoisotopic (exact) mass is 294 g/mol. The Hall–Kier alpha value is -1.92. The maximum atomic E-state index is 13.5. The Balaban J connectivity index is 2.23. The molecule has 20 heavy (non-hydrogen) atoms. The van der Waals surface area contributed by atoms with E-state index in [1.807, 2.05) is 6.07 Å². The van der Waals surface area contributed by atoms with Crippen molar-refractivity contribution in [2.24, 2.45) is 5.73 Å². The van der Waals surface area contributed by atoms with E-state index in [0.717, 1.165) is 0 Å². The van der Waals surface area contributed by atoms with Crippen LogP contribution in [0.4, 0.5) is 10.1 Å². The highest BCUT2D eigenvalue weighted by atomic mass is 32.2. The SMILES string of the molecule is NCc1c(F)cccc1NS(=O)(=O)Cc1ccccc1. The molecule has 0 aromatic heterocycles. The van der Waals surface area contributed by atoms with Crippen LogP contribution in [0.3, 0.4) is 0 Å². The molecular formula is C14H15FN2O2S. The largest absolute Gasteiger partial charge is 0.326 e. The van der Waals surface area contributed by atoms with Crippen molar-refractivity contribution in [3.8, 4) is 0 Å². The van der Waals surface area contributed by atoms with Crippen LogP contribution in [-0.4, -0.2) is 8.42 Å². The molecule has 0 bridgehead atoms. The molecule has 106 valence electrons. The quantitative estimate of drug-likeness (QED) is 0.888. The zero-order valence-corrected chi connectivity index (χ0v) is 11.5. The van der Waals surface area contributed by atoms with Gasteiger partial charge in [0.15, 0.2) is 0 Å². The summed E-state index contributed by atoms with van der Waals surface area (Å²) >= 11 is 0. The van der Waals surface area contributed by atoms with E-state index in [9.17, 15) is 12.8 Å². The smallest absolute Gasteiger partial charge is 0.236 e. The lowest BCUT2D eigenvalue weighted by Crippen LogP contribution is -2.17. The minimum atomic E-state index is -3.61. The normalized spacial score (nSPS) is 11.3. The Morgan fingerprint density at radius 3 is 2.40 bits per heavy atom. The second-order valence-corrected chi connectivity index (χ2v) is 6.04. The predicted octanol–water partition coefficient (Wildman–Crippen LogP) is 2.23. The van der Waals surface area contributed by atoms with Gasteiger partial charge in [-0.15, -0.1) is 0 Å². The first-order chi connectivity index (χ1) is 9.52. The Kier molecular flexibility index (Phi) is 4.36. The van der Waals surface area contributed by atoms with Gasteiger partial charge >= 0.3 is 0 Å². The van der Waals surface area contributed by atoms with Crippen molar-refractivity contribution in [3.63, 3.8) is 0 Å². The van der Waals surface area contributed by atoms with Crippen LogP contribution in [0, 0.1) is 5.82 Å². The van der Waals surface area contributed by atoms with E-state index >= 15 is 0 Å². The summed E-state index contributed by atoms with van der Waals surface area (Å²) in [7, 11) is -3.61. The number of sulfonamides is 1. The van der Waals surface area contributed by atoms with Crippen molar-refractivity contribution in [2.45, 2.75) is 12.3 Å². The Morgan fingerprint density at radius 2 is 1.75 bits per heavy atom. The standard InChI is InChI=1S/C14H15FN2O2S/c15-13-7-4-8-14(12(13)9-16)17-20(18,19)10-11-5-2-1-3-6-11/h1-8,17H,9-10,16H2. The van der Waals surface area contributed by atoms with Crippen LogP contribution in [-0.2, 0) is 22.3 Å². The van der Waals surface area contributed by atoms with E-state index in [4.69, 9.17) is 5.73 Å². The predicted molar refractivity (Wildman–Crippen MR) is 77.0 cm³/mol. The van der Waals surface area contributed by atoms with Crippen LogP contribution in [0.15, 0.2) is 48.5 Å². The number of nitrogens with one attached hydrogen (secondary N) is 1. The number of rotatable bonds is 5. The van der Waals surface area contributed by atoms with Crippen LogP contribution < -0.4 is 10.5 Å². The van der Waals surface area contributed by atoms with E-state index in [2.05, 4.69) is 4.72 Å². The number of hydrogen-bond donors (Lipinski definition) is 2. The van der Waals surface area contributed by atoms with E-state index in [-0.39, 0.29) is 23.5 Å². The van der Waals surface area contributed by atoms with E-state index < -0.39 is 15.8 Å². The van der Waals surface area contributed by atoms with Crippen molar-refractivity contribution in [1.82, 2.24) is 0 Å². The molecule has 0 amide bonds. The van der Waals surface area contributed by atoms with Gasteiger partial charge in [0.25, 0.3) is 0 Å². The number of anilines is 1. The molecule has 0 aliphatic carbocycles. The number of halogens is 1. The van der Waals surface area contributed by atoms with Gasteiger partial charge < -0.3 is 5.73 Å². The molecule has 0 unspecified atom stereocenters. The molecular weight excluding hydrogens is 279 g/mol. The lowest BCUT2D eigenvalue weighted by atomic mass is 10.2. The molecule has 0 heterocycles. The summed E-state index contributed by atoms with van der Waals surface area (Å²) in [6, 6.07) is 12.9. The fraction of sp³-hybridized carbons (Fsp3) is 0.143. The van der Waals surface area contributed by atoms with Gasteiger partial charge in [0.2, 0.25) is 10.0 Å². The third-order valence-corrected chi connectivity index (χ3v) is 4.03. The number of hydrogen-bond acceptors (Lipinski definition) is 3. The summed E-state index contributed by atoms with van der Waals surface area (Å²) in [6.07, 6.45) is 0. The summed E-state index contributed by atoms with van der Waals surface area (Å²) in [4.78, 5) is 0. The van der Waals surface area contributed by atoms with Gasteiger partial charge in [-0.25, -0.2) is 12.8 Å². The summed E-state index contributed by atoms with van der Waals surface area (Å²) in [6.45, 7) is -0.0735. The zero-order chi connectivity index (χ0) is 14.6. The molecule has 0 atom stereocenters. The van der Waals surface area contributed by atoms with E-state index in [0.29, 0.717) is 5.56 Å². The van der Waals surface area contributed by atoms with Crippen molar-refractivity contribution in [3.05, 3.63) is 65.5 Å². The van der Waals surface area contributed by atoms with Crippen LogP contribution in [0.25, 0.3) is 0 Å². The summed E-state index contributed by atoms with van der Waals surface area (Å²) < 4.78 is 40.1. The van der Waals surface area contributed by atoms with Crippen molar-refractivity contribution in [2.75, 3.05) is 4.72 Å². The van der Waals surface area contributed by atoms with Crippen LogP contribution in [0.2, 0.25) is 0 Å². The molecule has 6 heteroatoms. The molecule has 0 aliphatic heterocycles. The summed E-state index contributed by atoms with van der Waals surface area (Å²) in [5, 5.41) is 0. The van der Waals surface area contributed by atoms with Gasteiger partial charge in [-0.2, -0.15) is 0 Å². The lowest BCUT2D eigenvalue weighted by Gasteiger charge is -2.12. The van der Waals surface area contributed by atoms with Crippen molar-refractivity contribution >= 4 is 15.7 Å². The van der Waals surface area contributed by atoms with Gasteiger partial charge in [0.1, 0.15) is 5.82 Å². The first-order valence-electron chi connectivity index (χ1n) is 6.04. The van der Waals surface area contributed by atoms with Crippen LogP contribution >= 0.6 is 0 Å². The molecule has 0 aliphatic rings. The molecule has 2 aromatic rings. The van der Waals surface area contributed by atoms with Crippen LogP contribution in [0.5, 0.6) is 0 Å². The van der Waals surface area contributed by atoms with Crippen LogP contribution in [0.1, 0.15) is 11.1 Å². The van der Waals surface area contributed by atoms with Crippen molar-refractivity contribution < 1.29 is 12.8 Å². The fourth-order valence-electron chi connectivity index (χ4n) is 1.86. The average molecular weight is 294 g/mol. The highest BCUT2D eigenvalue weighted by Crippen LogP contribution is 2.20. The lowest BCUT2D eigenvalue weighted by molar-refractivity contribution is 0.599. The van der Waals surface area contributed by atoms with Gasteiger partial charge in [0, 0.05) is 12.1 Å². The number of nitrogens with two attached hydrogens (primary N) is 1. The second-order valence-electron chi connectivity index (χ2n) is 4.32. The Labute approximate surface area is 117 Å². The third kappa shape index (κ3) is 3.55. The van der Waals surface area contributed by atoms with E-state index in [1.54, 1.807) is 24.3 Å². The van der Waals surface area contributed by atoms with Gasteiger partial charge in [-0.1, -0.05) is 36.4 Å². The van der Waals surface area contributed by atoms with Crippen molar-refractivity contribution in [1.29, 1.82) is 0 Å². The van der Waals surface area contributed by atoms with Gasteiger partial charge in [-0.3, -0.25) is 4.72 Å². The number of benzene rings is 2. The fourth-order valence-corrected chi connectivity index (χ4v) is 3.09. The zero-order valence-electron chi connectivity index (χ0n) is 10.7. The summed E-state index contributed by atoms with van der Waals surface area (Å²) in [5.41, 5.74) is 6.45. The Morgan fingerprint density at radius 1 is 1.05 bits per heavy atom. The molecule has 3 N–H and O–H groups in total. The first kappa shape index (κ1) is 14.5. The molecule has 0 radical (unpaired) electrons. The molecule has 2 aromatic carbocycles. The molecule has 0 saturated heterocycles. The highest BCUT2D eigenvalue weighted by Gasteiger charge is 2.15. The van der Waals surface area contributed by atoms with Gasteiger partial charge in [-0.05, 0) is 17.7 Å². The second kappa shape index (κ2) is 6.02. The maximum absolute atomic E-state index is 13.5. The molecule has 4 nitrogen and oxygen atoms in total. The summed E-state index contributed by atoms with van der Waals surface area (Å²) in [5.74, 6) is -0.693. The highest BCUT2D eigenvalue weighted by molar-refractivity contribution is 7.91. The average Bonchev–Trinajstić information content (AvgIpc) is 2.39. The molecule has 0 spiro atoms. The molecule has 0 fully saturated rings. The minimum Gasteiger partial charge on any atom is -0.326 e. The Bertz CT molecular complexity index is 688. The minimum absolute atomic E-state index is 0.0735. The third-order valence-electron chi connectivity index (χ3n) is 2.79.